The molecule has 1 saturated carbocycles. The second kappa shape index (κ2) is 10.0. The molecule has 1 fully saturated rings. The molecule has 1 aliphatic rings. The van der Waals surface area contributed by atoms with Crippen LogP contribution >= 0.6 is 11.6 Å². The molecule has 7 nitrogen and oxygen atoms in total. The zero-order valence-electron chi connectivity index (χ0n) is 16.9. The molecule has 0 aliphatic heterocycles. The Balaban J connectivity index is 1.70. The summed E-state index contributed by atoms with van der Waals surface area (Å²) in [6, 6.07) is 7.63. The standard InChI is InChI=1S/C21H28ClFN6O/c1-12-7-15(17(8-12)26-6-5-13-3-2-4-14(24)9-13)18(10-19(25)30)28-20-16(23)11-27-21(22)29-20/h2-4,9,11-12,15,17-18,26H,5-8,10,24H2,1H3,(H2,25,30)(H,27,28,29)/t12-,15+,17+,18-/m0/s1. The predicted molar refractivity (Wildman–Crippen MR) is 116 cm³/mol. The van der Waals surface area contributed by atoms with Crippen LogP contribution in [0.25, 0.3) is 0 Å². The lowest BCUT2D eigenvalue weighted by Gasteiger charge is -2.30. The van der Waals surface area contributed by atoms with Crippen molar-refractivity contribution in [1.29, 1.82) is 0 Å². The number of nitrogen functional groups attached to an aromatic ring is 1. The van der Waals surface area contributed by atoms with Crippen LogP contribution in [0.1, 0.15) is 31.7 Å². The molecular formula is C21H28ClFN6O. The summed E-state index contributed by atoms with van der Waals surface area (Å²) in [5.74, 6) is -0.533. The quantitative estimate of drug-likeness (QED) is 0.356. The van der Waals surface area contributed by atoms with Crippen LogP contribution in [0.15, 0.2) is 30.5 Å². The van der Waals surface area contributed by atoms with Gasteiger partial charge in [-0.05, 0) is 66.9 Å². The molecule has 9 heteroatoms. The maximum Gasteiger partial charge on any atom is 0.224 e. The summed E-state index contributed by atoms with van der Waals surface area (Å²) in [5.41, 5.74) is 13.2. The number of nitrogens with one attached hydrogen (secondary N) is 2. The molecule has 30 heavy (non-hydrogen) atoms. The van der Waals surface area contributed by atoms with E-state index in [4.69, 9.17) is 23.1 Å². The number of aromatic nitrogens is 2. The lowest BCUT2D eigenvalue weighted by Crippen LogP contribution is -2.44. The normalized spacial score (nSPS) is 22.0. The number of anilines is 2. The number of benzene rings is 1. The van der Waals surface area contributed by atoms with Crippen molar-refractivity contribution < 1.29 is 9.18 Å². The van der Waals surface area contributed by atoms with E-state index < -0.39 is 11.7 Å². The molecule has 1 aliphatic carbocycles. The van der Waals surface area contributed by atoms with Gasteiger partial charge in [-0.2, -0.15) is 4.98 Å². The lowest BCUT2D eigenvalue weighted by atomic mass is 9.91. The monoisotopic (exact) mass is 434 g/mol. The molecule has 162 valence electrons. The van der Waals surface area contributed by atoms with Crippen LogP contribution in [-0.2, 0) is 11.2 Å². The van der Waals surface area contributed by atoms with E-state index >= 15 is 0 Å². The Morgan fingerprint density at radius 1 is 1.40 bits per heavy atom. The fourth-order valence-electron chi connectivity index (χ4n) is 4.31. The number of halogens is 2. The van der Waals surface area contributed by atoms with Crippen LogP contribution in [-0.4, -0.2) is 34.5 Å². The molecule has 1 amide bonds. The van der Waals surface area contributed by atoms with Gasteiger partial charge in [-0.3, -0.25) is 4.79 Å². The molecular weight excluding hydrogens is 407 g/mol. The predicted octanol–water partition coefficient (Wildman–Crippen LogP) is 2.75. The van der Waals surface area contributed by atoms with Crippen molar-refractivity contribution in [2.45, 2.75) is 44.7 Å². The average molecular weight is 435 g/mol. The molecule has 3 rings (SSSR count). The van der Waals surface area contributed by atoms with Crippen LogP contribution in [0.3, 0.4) is 0 Å². The fourth-order valence-corrected chi connectivity index (χ4v) is 4.45. The molecule has 1 aromatic carbocycles. The van der Waals surface area contributed by atoms with E-state index in [1.807, 2.05) is 24.3 Å². The minimum Gasteiger partial charge on any atom is -0.399 e. The summed E-state index contributed by atoms with van der Waals surface area (Å²) in [5, 5.41) is 6.61. The van der Waals surface area contributed by atoms with E-state index in [0.29, 0.717) is 5.92 Å². The van der Waals surface area contributed by atoms with Crippen molar-refractivity contribution in [3.63, 3.8) is 0 Å². The minimum atomic E-state index is -0.619. The summed E-state index contributed by atoms with van der Waals surface area (Å²) in [4.78, 5) is 19.3. The molecule has 1 heterocycles. The summed E-state index contributed by atoms with van der Waals surface area (Å²) in [6.45, 7) is 2.95. The molecule has 1 aromatic heterocycles. The van der Waals surface area contributed by atoms with E-state index in [-0.39, 0.29) is 35.5 Å². The molecule has 0 spiro atoms. The molecule has 0 unspecified atom stereocenters. The Morgan fingerprint density at radius 3 is 2.93 bits per heavy atom. The minimum absolute atomic E-state index is 0.0145. The van der Waals surface area contributed by atoms with Crippen LogP contribution in [0, 0.1) is 17.7 Å². The first-order chi connectivity index (χ1) is 14.3. The number of nitrogens with zero attached hydrogens (tertiary/aromatic N) is 2. The summed E-state index contributed by atoms with van der Waals surface area (Å²) < 4.78 is 14.2. The Kier molecular flexibility index (Phi) is 7.44. The first-order valence-corrected chi connectivity index (χ1v) is 10.5. The van der Waals surface area contributed by atoms with Gasteiger partial charge in [0.2, 0.25) is 11.2 Å². The highest BCUT2D eigenvalue weighted by molar-refractivity contribution is 6.28. The molecule has 0 saturated heterocycles. The summed E-state index contributed by atoms with van der Waals surface area (Å²) in [6.07, 6.45) is 3.78. The van der Waals surface area contributed by atoms with Gasteiger partial charge in [0.15, 0.2) is 11.6 Å². The third-order valence-corrected chi connectivity index (χ3v) is 5.78. The zero-order valence-corrected chi connectivity index (χ0v) is 17.7. The van der Waals surface area contributed by atoms with Crippen molar-refractivity contribution in [3.8, 4) is 0 Å². The summed E-state index contributed by atoms with van der Waals surface area (Å²) >= 11 is 5.81. The van der Waals surface area contributed by atoms with E-state index in [1.165, 1.54) is 0 Å². The number of carbonyl (C=O) groups is 1. The second-order valence-electron chi connectivity index (χ2n) is 8.05. The summed E-state index contributed by atoms with van der Waals surface area (Å²) in [7, 11) is 0. The SMILES string of the molecule is C[C@H]1C[C@@H]([C@H](CC(N)=O)Nc2nc(Cl)ncc2F)[C@H](NCCc2cccc(N)c2)C1. The van der Waals surface area contributed by atoms with Gasteiger partial charge in [0.1, 0.15) is 0 Å². The molecule has 0 radical (unpaired) electrons. The highest BCUT2D eigenvalue weighted by Gasteiger charge is 2.38. The van der Waals surface area contributed by atoms with Gasteiger partial charge in [0, 0.05) is 24.2 Å². The number of nitrogens with two attached hydrogens (primary N) is 2. The largest absolute Gasteiger partial charge is 0.399 e. The number of primary amides is 1. The number of hydrogen-bond acceptors (Lipinski definition) is 6. The number of carbonyl (C=O) groups excluding carboxylic acids is 1. The van der Waals surface area contributed by atoms with Crippen LogP contribution in [0.4, 0.5) is 15.9 Å². The number of hydrogen-bond donors (Lipinski definition) is 4. The van der Waals surface area contributed by atoms with Crippen molar-refractivity contribution in [2.75, 3.05) is 17.6 Å². The number of rotatable bonds is 9. The topological polar surface area (TPSA) is 119 Å². The maximum atomic E-state index is 14.2. The Bertz CT molecular complexity index is 882. The zero-order chi connectivity index (χ0) is 21.7. The van der Waals surface area contributed by atoms with E-state index in [2.05, 4.69) is 27.5 Å². The molecule has 6 N–H and O–H groups in total. The van der Waals surface area contributed by atoms with Crippen LogP contribution < -0.4 is 22.1 Å². The first-order valence-electron chi connectivity index (χ1n) is 10.1. The molecule has 4 atom stereocenters. The highest BCUT2D eigenvalue weighted by Crippen LogP contribution is 2.35. The van der Waals surface area contributed by atoms with Crippen molar-refractivity contribution >= 4 is 29.0 Å². The van der Waals surface area contributed by atoms with Gasteiger partial charge in [0.25, 0.3) is 0 Å². The third-order valence-electron chi connectivity index (χ3n) is 5.59. The van der Waals surface area contributed by atoms with Crippen molar-refractivity contribution in [1.82, 2.24) is 15.3 Å². The smallest absolute Gasteiger partial charge is 0.224 e. The average Bonchev–Trinajstić information content (AvgIpc) is 3.04. The lowest BCUT2D eigenvalue weighted by molar-refractivity contribution is -0.118. The van der Waals surface area contributed by atoms with Crippen molar-refractivity contribution in [2.24, 2.45) is 17.6 Å². The maximum absolute atomic E-state index is 14.2. The van der Waals surface area contributed by atoms with E-state index in [0.717, 1.165) is 43.3 Å². The fraction of sp³-hybridized carbons (Fsp3) is 0.476. The second-order valence-corrected chi connectivity index (χ2v) is 8.39. The molecule has 0 bridgehead atoms. The Labute approximate surface area is 180 Å². The first kappa shape index (κ1) is 22.2. The number of amides is 1. The van der Waals surface area contributed by atoms with Gasteiger partial charge in [-0.1, -0.05) is 19.1 Å². The van der Waals surface area contributed by atoms with E-state index in [1.54, 1.807) is 0 Å². The van der Waals surface area contributed by atoms with E-state index in [9.17, 15) is 9.18 Å². The Morgan fingerprint density at radius 2 is 2.20 bits per heavy atom. The van der Waals surface area contributed by atoms with Gasteiger partial charge in [-0.25, -0.2) is 9.37 Å². The van der Waals surface area contributed by atoms with Gasteiger partial charge >= 0.3 is 0 Å². The van der Waals surface area contributed by atoms with Crippen molar-refractivity contribution in [3.05, 3.63) is 47.1 Å². The highest BCUT2D eigenvalue weighted by atomic mass is 35.5. The van der Waals surface area contributed by atoms with Gasteiger partial charge in [0.05, 0.1) is 6.20 Å². The molecule has 2 aromatic rings. The Hall–Kier alpha value is -2.45. The third kappa shape index (κ3) is 6.03. The van der Waals surface area contributed by atoms with Gasteiger partial charge in [-0.15, -0.1) is 0 Å². The van der Waals surface area contributed by atoms with Gasteiger partial charge < -0.3 is 22.1 Å². The van der Waals surface area contributed by atoms with Crippen LogP contribution in [0.2, 0.25) is 5.28 Å². The van der Waals surface area contributed by atoms with Crippen LogP contribution in [0.5, 0.6) is 0 Å².